The molecular weight excluding hydrogens is 242 g/mol. The summed E-state index contributed by atoms with van der Waals surface area (Å²) in [4.78, 5) is 0.214. The number of piperazine rings is 1. The zero-order valence-electron chi connectivity index (χ0n) is 10.2. The second-order valence-corrected chi connectivity index (χ2v) is 6.25. The first-order valence-electron chi connectivity index (χ1n) is 5.59. The van der Waals surface area contributed by atoms with Gasteiger partial charge < -0.3 is 9.84 Å². The van der Waals surface area contributed by atoms with Gasteiger partial charge in [-0.15, -0.1) is 0 Å². The van der Waals surface area contributed by atoms with Gasteiger partial charge >= 0.3 is 0 Å². The number of hydrogen-bond donors (Lipinski definition) is 1. The van der Waals surface area contributed by atoms with Crippen LogP contribution in [0.5, 0.6) is 0 Å². The van der Waals surface area contributed by atoms with E-state index < -0.39 is 10.0 Å². The van der Waals surface area contributed by atoms with E-state index >= 15 is 0 Å². The molecule has 1 aromatic rings. The van der Waals surface area contributed by atoms with Gasteiger partial charge in [0.05, 0.1) is 0 Å². The monoisotopic (exact) mass is 259 g/mol. The molecule has 0 amide bonds. The largest absolute Gasteiger partial charge is 0.360 e. The van der Waals surface area contributed by atoms with Gasteiger partial charge in [-0.25, -0.2) is 8.42 Å². The number of aromatic nitrogens is 1. The van der Waals surface area contributed by atoms with Gasteiger partial charge in [-0.05, 0) is 20.8 Å². The van der Waals surface area contributed by atoms with Gasteiger partial charge in [0.15, 0.2) is 5.76 Å². The highest BCUT2D eigenvalue weighted by Gasteiger charge is 2.33. The Bertz CT molecular complexity index is 489. The van der Waals surface area contributed by atoms with Crippen molar-refractivity contribution in [3.05, 3.63) is 11.5 Å². The summed E-state index contributed by atoms with van der Waals surface area (Å²) < 4.78 is 31.3. The molecule has 6 nitrogen and oxygen atoms in total. The Kier molecular flexibility index (Phi) is 3.24. The van der Waals surface area contributed by atoms with Gasteiger partial charge in [0, 0.05) is 25.7 Å². The van der Waals surface area contributed by atoms with E-state index in [9.17, 15) is 8.42 Å². The Morgan fingerprint density at radius 2 is 2.18 bits per heavy atom. The molecule has 0 spiro atoms. The Hall–Kier alpha value is -0.920. The van der Waals surface area contributed by atoms with Crippen LogP contribution in [0.25, 0.3) is 0 Å². The molecule has 1 atom stereocenters. The predicted molar refractivity (Wildman–Crippen MR) is 62.2 cm³/mol. The minimum atomic E-state index is -3.48. The molecule has 17 heavy (non-hydrogen) atoms. The summed E-state index contributed by atoms with van der Waals surface area (Å²) in [6.07, 6.45) is 0. The third kappa shape index (κ3) is 2.22. The van der Waals surface area contributed by atoms with Crippen molar-refractivity contribution in [1.82, 2.24) is 14.8 Å². The lowest BCUT2D eigenvalue weighted by molar-refractivity contribution is 0.309. The Morgan fingerprint density at radius 1 is 1.47 bits per heavy atom. The average Bonchev–Trinajstić information content (AvgIpc) is 2.59. The summed E-state index contributed by atoms with van der Waals surface area (Å²) in [6, 6.07) is 0.166. The SMILES string of the molecule is Cc1noc(C)c1S(=O)(=O)N1CCN[C@@H](C)C1. The van der Waals surface area contributed by atoms with Crippen molar-refractivity contribution in [2.45, 2.75) is 31.7 Å². The summed E-state index contributed by atoms with van der Waals surface area (Å²) >= 11 is 0. The van der Waals surface area contributed by atoms with Crippen LogP contribution in [0.1, 0.15) is 18.4 Å². The van der Waals surface area contributed by atoms with E-state index in [1.807, 2.05) is 6.92 Å². The minimum Gasteiger partial charge on any atom is -0.360 e. The fourth-order valence-corrected chi connectivity index (χ4v) is 3.91. The van der Waals surface area contributed by atoms with Crippen LogP contribution in [-0.2, 0) is 10.0 Å². The molecule has 7 heteroatoms. The van der Waals surface area contributed by atoms with Crippen molar-refractivity contribution >= 4 is 10.0 Å². The normalized spacial score (nSPS) is 22.9. The maximum Gasteiger partial charge on any atom is 0.248 e. The molecule has 0 aromatic carbocycles. The van der Waals surface area contributed by atoms with Crippen LogP contribution in [-0.4, -0.2) is 43.6 Å². The molecule has 1 aromatic heterocycles. The van der Waals surface area contributed by atoms with Gasteiger partial charge in [0.2, 0.25) is 10.0 Å². The highest BCUT2D eigenvalue weighted by atomic mass is 32.2. The van der Waals surface area contributed by atoms with Crippen LogP contribution in [0, 0.1) is 13.8 Å². The molecule has 1 aliphatic heterocycles. The summed E-state index contributed by atoms with van der Waals surface area (Å²) in [6.45, 7) is 6.87. The Labute approximate surface area is 101 Å². The minimum absolute atomic E-state index is 0.166. The van der Waals surface area contributed by atoms with Crippen molar-refractivity contribution in [2.24, 2.45) is 0 Å². The van der Waals surface area contributed by atoms with E-state index in [1.165, 1.54) is 4.31 Å². The van der Waals surface area contributed by atoms with Crippen LogP contribution in [0.15, 0.2) is 9.42 Å². The van der Waals surface area contributed by atoms with E-state index in [2.05, 4.69) is 10.5 Å². The lowest BCUT2D eigenvalue weighted by atomic mass is 10.3. The van der Waals surface area contributed by atoms with E-state index in [-0.39, 0.29) is 10.9 Å². The molecule has 1 saturated heterocycles. The summed E-state index contributed by atoms with van der Waals surface area (Å²) in [5.74, 6) is 0.355. The fraction of sp³-hybridized carbons (Fsp3) is 0.700. The molecule has 0 unspecified atom stereocenters. The molecule has 2 heterocycles. The molecule has 1 N–H and O–H groups in total. The van der Waals surface area contributed by atoms with Crippen molar-refractivity contribution < 1.29 is 12.9 Å². The maximum atomic E-state index is 12.4. The highest BCUT2D eigenvalue weighted by molar-refractivity contribution is 7.89. The first-order valence-corrected chi connectivity index (χ1v) is 7.03. The molecule has 2 rings (SSSR count). The standard InChI is InChI=1S/C10H17N3O3S/c1-7-6-13(5-4-11-7)17(14,15)10-8(2)12-16-9(10)3/h7,11H,4-6H2,1-3H3/t7-/m0/s1. The van der Waals surface area contributed by atoms with Crippen LogP contribution in [0.2, 0.25) is 0 Å². The maximum absolute atomic E-state index is 12.4. The second kappa shape index (κ2) is 4.40. The third-order valence-electron chi connectivity index (χ3n) is 2.90. The van der Waals surface area contributed by atoms with E-state index in [0.717, 1.165) is 0 Å². The predicted octanol–water partition coefficient (Wildman–Crippen LogP) is 0.274. The first-order chi connectivity index (χ1) is 7.93. The molecule has 0 saturated carbocycles. The number of rotatable bonds is 2. The van der Waals surface area contributed by atoms with Crippen molar-refractivity contribution in [2.75, 3.05) is 19.6 Å². The highest BCUT2D eigenvalue weighted by Crippen LogP contribution is 2.23. The van der Waals surface area contributed by atoms with E-state index in [0.29, 0.717) is 31.1 Å². The Balaban J connectivity index is 2.36. The van der Waals surface area contributed by atoms with Crippen molar-refractivity contribution in [3.8, 4) is 0 Å². The third-order valence-corrected chi connectivity index (χ3v) is 5.01. The van der Waals surface area contributed by atoms with Gasteiger partial charge in [0.1, 0.15) is 10.6 Å². The molecule has 1 fully saturated rings. The van der Waals surface area contributed by atoms with E-state index in [4.69, 9.17) is 4.52 Å². The first kappa shape index (κ1) is 12.5. The average molecular weight is 259 g/mol. The topological polar surface area (TPSA) is 75.4 Å². The zero-order chi connectivity index (χ0) is 12.6. The number of sulfonamides is 1. The molecule has 0 bridgehead atoms. The molecule has 1 aliphatic rings. The Morgan fingerprint density at radius 3 is 2.71 bits per heavy atom. The smallest absolute Gasteiger partial charge is 0.248 e. The van der Waals surface area contributed by atoms with E-state index in [1.54, 1.807) is 13.8 Å². The van der Waals surface area contributed by atoms with Crippen LogP contribution in [0.4, 0.5) is 0 Å². The van der Waals surface area contributed by atoms with Gasteiger partial charge in [-0.2, -0.15) is 4.31 Å². The lowest BCUT2D eigenvalue weighted by Crippen LogP contribution is -2.51. The second-order valence-electron chi connectivity index (χ2n) is 4.37. The number of hydrogen-bond acceptors (Lipinski definition) is 5. The molecule has 96 valence electrons. The van der Waals surface area contributed by atoms with Crippen LogP contribution >= 0.6 is 0 Å². The number of aryl methyl sites for hydroxylation is 2. The van der Waals surface area contributed by atoms with Gasteiger partial charge in [-0.3, -0.25) is 0 Å². The quantitative estimate of drug-likeness (QED) is 0.825. The van der Waals surface area contributed by atoms with Crippen LogP contribution in [0.3, 0.4) is 0 Å². The van der Waals surface area contributed by atoms with Gasteiger partial charge in [0.25, 0.3) is 0 Å². The summed E-state index contributed by atoms with van der Waals surface area (Å²) in [5, 5.41) is 6.91. The van der Waals surface area contributed by atoms with Gasteiger partial charge in [-0.1, -0.05) is 5.16 Å². The van der Waals surface area contributed by atoms with Crippen molar-refractivity contribution in [3.63, 3.8) is 0 Å². The van der Waals surface area contributed by atoms with Crippen LogP contribution < -0.4 is 5.32 Å². The fourth-order valence-electron chi connectivity index (χ4n) is 2.09. The number of nitrogens with zero attached hydrogens (tertiary/aromatic N) is 2. The summed E-state index contributed by atoms with van der Waals surface area (Å²) in [5.41, 5.74) is 0.425. The zero-order valence-corrected chi connectivity index (χ0v) is 11.0. The lowest BCUT2D eigenvalue weighted by Gasteiger charge is -2.30. The molecular formula is C10H17N3O3S. The van der Waals surface area contributed by atoms with Crippen molar-refractivity contribution in [1.29, 1.82) is 0 Å². The molecule has 0 radical (unpaired) electrons. The number of nitrogens with one attached hydrogen (secondary N) is 1. The molecule has 0 aliphatic carbocycles. The summed E-state index contributed by atoms with van der Waals surface area (Å²) in [7, 11) is -3.48.